The van der Waals surface area contributed by atoms with Crippen LogP contribution in [0.5, 0.6) is 0 Å². The molecule has 0 aliphatic heterocycles. The van der Waals surface area contributed by atoms with Gasteiger partial charge in [-0.2, -0.15) is 0 Å². The van der Waals surface area contributed by atoms with Gasteiger partial charge in [0, 0.05) is 6.54 Å². The maximum absolute atomic E-state index is 11.6. The molecule has 5 heteroatoms. The molecule has 0 aromatic heterocycles. The van der Waals surface area contributed by atoms with Gasteiger partial charge in [-0.25, -0.2) is 13.1 Å². The Morgan fingerprint density at radius 3 is 2.64 bits per heavy atom. The normalized spacial score (nSPS) is 11.6. The third-order valence-corrected chi connectivity index (χ3v) is 3.50. The number of rotatable bonds is 3. The number of hydrogen-bond acceptors (Lipinski definition) is 2. The van der Waals surface area contributed by atoms with Crippen LogP contribution in [0.25, 0.3) is 0 Å². The Morgan fingerprint density at radius 1 is 1.43 bits per heavy atom. The highest BCUT2D eigenvalue weighted by molar-refractivity contribution is 7.89. The minimum absolute atomic E-state index is 0.187. The second-order valence-corrected chi connectivity index (χ2v) is 4.72. The minimum Gasteiger partial charge on any atom is -0.301 e. The Hall–Kier alpha value is -1.07. The molecule has 0 spiro atoms. The topological polar surface area (TPSA) is 70.0 Å². The van der Waals surface area contributed by atoms with Crippen molar-refractivity contribution in [2.75, 3.05) is 6.54 Å². The van der Waals surface area contributed by atoms with Gasteiger partial charge in [-0.05, 0) is 24.6 Å². The zero-order valence-corrected chi connectivity index (χ0v) is 8.98. The number of aryl methyl sites for hydroxylation is 1. The molecule has 0 aliphatic rings. The number of sulfonamides is 1. The summed E-state index contributed by atoms with van der Waals surface area (Å²) in [7, 11) is -3.43. The molecule has 0 aliphatic carbocycles. The van der Waals surface area contributed by atoms with Gasteiger partial charge < -0.3 is 5.73 Å². The molecule has 1 rings (SSSR count). The van der Waals surface area contributed by atoms with E-state index in [0.29, 0.717) is 12.1 Å². The first-order chi connectivity index (χ1) is 6.47. The number of hydrogen-bond donors (Lipinski definition) is 1. The van der Waals surface area contributed by atoms with Crippen LogP contribution in [0.2, 0.25) is 0 Å². The largest absolute Gasteiger partial charge is 0.301 e. The van der Waals surface area contributed by atoms with Gasteiger partial charge in [0.25, 0.3) is 0 Å². The zero-order valence-electron chi connectivity index (χ0n) is 8.16. The van der Waals surface area contributed by atoms with Gasteiger partial charge in [0.05, 0.1) is 10.6 Å². The second kappa shape index (κ2) is 3.98. The SMILES string of the molecule is CCNS(=O)(=O)c1cc([NH])ccc1C. The van der Waals surface area contributed by atoms with Crippen LogP contribution in [0.1, 0.15) is 12.5 Å². The van der Waals surface area contributed by atoms with Crippen molar-refractivity contribution < 1.29 is 8.42 Å². The van der Waals surface area contributed by atoms with Crippen molar-refractivity contribution in [2.24, 2.45) is 0 Å². The summed E-state index contributed by atoms with van der Waals surface area (Å²) in [5.74, 6) is 0. The van der Waals surface area contributed by atoms with Gasteiger partial charge in [-0.1, -0.05) is 13.0 Å². The van der Waals surface area contributed by atoms with Crippen LogP contribution in [0, 0.1) is 6.92 Å². The van der Waals surface area contributed by atoms with Gasteiger partial charge in [-0.15, -0.1) is 0 Å². The lowest BCUT2D eigenvalue weighted by molar-refractivity contribution is 0.583. The Bertz CT molecular complexity index is 426. The van der Waals surface area contributed by atoms with Crippen molar-refractivity contribution in [3.63, 3.8) is 0 Å². The molecule has 2 N–H and O–H groups in total. The van der Waals surface area contributed by atoms with Crippen molar-refractivity contribution in [3.8, 4) is 0 Å². The summed E-state index contributed by atoms with van der Waals surface area (Å²) in [6.45, 7) is 3.78. The average Bonchev–Trinajstić information content (AvgIpc) is 2.09. The maximum atomic E-state index is 11.6. The fraction of sp³-hybridized carbons (Fsp3) is 0.333. The monoisotopic (exact) mass is 213 g/mol. The van der Waals surface area contributed by atoms with Crippen LogP contribution in [-0.2, 0) is 10.0 Å². The molecule has 1 radical (unpaired) electrons. The second-order valence-electron chi connectivity index (χ2n) is 2.98. The highest BCUT2D eigenvalue weighted by Crippen LogP contribution is 2.18. The van der Waals surface area contributed by atoms with E-state index in [2.05, 4.69) is 4.72 Å². The van der Waals surface area contributed by atoms with Gasteiger partial charge in [-0.3, -0.25) is 0 Å². The fourth-order valence-electron chi connectivity index (χ4n) is 1.16. The molecule has 4 nitrogen and oxygen atoms in total. The lowest BCUT2D eigenvalue weighted by Crippen LogP contribution is -2.23. The van der Waals surface area contributed by atoms with Gasteiger partial charge >= 0.3 is 0 Å². The molecule has 0 amide bonds. The highest BCUT2D eigenvalue weighted by Gasteiger charge is 2.15. The van der Waals surface area contributed by atoms with E-state index in [0.717, 1.165) is 0 Å². The Balaban J connectivity index is 3.25. The summed E-state index contributed by atoms with van der Waals surface area (Å²) in [5, 5.41) is 0. The Kier molecular flexibility index (Phi) is 3.13. The quantitative estimate of drug-likeness (QED) is 0.819. The van der Waals surface area contributed by atoms with E-state index >= 15 is 0 Å². The van der Waals surface area contributed by atoms with Crippen LogP contribution in [0.15, 0.2) is 23.1 Å². The van der Waals surface area contributed by atoms with Crippen molar-refractivity contribution >= 4 is 15.7 Å². The smallest absolute Gasteiger partial charge is 0.240 e. The molecule has 1 aromatic carbocycles. The van der Waals surface area contributed by atoms with Gasteiger partial charge in [0.2, 0.25) is 10.0 Å². The molecule has 0 bridgehead atoms. The highest BCUT2D eigenvalue weighted by atomic mass is 32.2. The van der Waals surface area contributed by atoms with E-state index < -0.39 is 10.0 Å². The van der Waals surface area contributed by atoms with Crippen molar-refractivity contribution in [1.82, 2.24) is 10.5 Å². The molecular formula is C9H13N2O2S. The van der Waals surface area contributed by atoms with Crippen molar-refractivity contribution in [2.45, 2.75) is 18.7 Å². The van der Waals surface area contributed by atoms with E-state index in [1.54, 1.807) is 26.0 Å². The summed E-state index contributed by atoms with van der Waals surface area (Å²) in [5.41, 5.74) is 8.21. The first kappa shape index (κ1) is 11.0. The summed E-state index contributed by atoms with van der Waals surface area (Å²) < 4.78 is 25.6. The molecule has 14 heavy (non-hydrogen) atoms. The Labute approximate surface area is 84.2 Å². The maximum Gasteiger partial charge on any atom is 0.240 e. The van der Waals surface area contributed by atoms with Crippen LogP contribution >= 0.6 is 0 Å². The molecular weight excluding hydrogens is 200 g/mol. The van der Waals surface area contributed by atoms with E-state index in [4.69, 9.17) is 5.73 Å². The van der Waals surface area contributed by atoms with Crippen LogP contribution in [-0.4, -0.2) is 15.0 Å². The standard InChI is InChI=1S/C9H13N2O2S/c1-3-11-14(12,13)9-6-8(10)5-4-7(9)2/h4-6,10-11H,3H2,1-2H3. The van der Waals surface area contributed by atoms with Gasteiger partial charge in [0.15, 0.2) is 0 Å². The van der Waals surface area contributed by atoms with Crippen molar-refractivity contribution in [1.29, 1.82) is 0 Å². The molecule has 77 valence electrons. The van der Waals surface area contributed by atoms with E-state index in [-0.39, 0.29) is 10.6 Å². The predicted octanol–water partition coefficient (Wildman–Crippen LogP) is 1.21. The molecule has 0 fully saturated rings. The van der Waals surface area contributed by atoms with Crippen LogP contribution in [0.3, 0.4) is 0 Å². The lowest BCUT2D eigenvalue weighted by atomic mass is 10.2. The molecule has 0 atom stereocenters. The third kappa shape index (κ3) is 2.24. The number of nitrogens with one attached hydrogen (secondary N) is 2. The number of benzene rings is 1. The van der Waals surface area contributed by atoms with E-state index in [9.17, 15) is 8.42 Å². The van der Waals surface area contributed by atoms with E-state index in [1.807, 2.05) is 0 Å². The average molecular weight is 213 g/mol. The van der Waals surface area contributed by atoms with E-state index in [1.165, 1.54) is 6.07 Å². The van der Waals surface area contributed by atoms with Crippen LogP contribution in [0.4, 0.5) is 5.69 Å². The minimum atomic E-state index is -3.43. The third-order valence-electron chi connectivity index (χ3n) is 1.81. The summed E-state index contributed by atoms with van der Waals surface area (Å²) >= 11 is 0. The lowest BCUT2D eigenvalue weighted by Gasteiger charge is -2.07. The molecule has 0 unspecified atom stereocenters. The zero-order chi connectivity index (χ0) is 10.8. The summed E-state index contributed by atoms with van der Waals surface area (Å²) in [4.78, 5) is 0.187. The van der Waals surface area contributed by atoms with Gasteiger partial charge in [0.1, 0.15) is 0 Å². The molecule has 0 saturated heterocycles. The fourth-order valence-corrected chi connectivity index (χ4v) is 2.47. The summed E-state index contributed by atoms with van der Waals surface area (Å²) in [6, 6.07) is 4.56. The Morgan fingerprint density at radius 2 is 2.07 bits per heavy atom. The van der Waals surface area contributed by atoms with Crippen LogP contribution < -0.4 is 10.5 Å². The van der Waals surface area contributed by atoms with Crippen molar-refractivity contribution in [3.05, 3.63) is 23.8 Å². The predicted molar refractivity (Wildman–Crippen MR) is 54.8 cm³/mol. The first-order valence-electron chi connectivity index (χ1n) is 4.29. The molecule has 1 aromatic rings. The summed E-state index contributed by atoms with van der Waals surface area (Å²) in [6.07, 6.45) is 0. The molecule has 0 heterocycles. The molecule has 0 saturated carbocycles. The first-order valence-corrected chi connectivity index (χ1v) is 5.77.